The van der Waals surface area contributed by atoms with Crippen molar-refractivity contribution in [3.63, 3.8) is 0 Å². The molecule has 3 N–H and O–H groups in total. The third-order valence-electron chi connectivity index (χ3n) is 4.00. The van der Waals surface area contributed by atoms with Gasteiger partial charge in [-0.1, -0.05) is 19.1 Å². The Hall–Kier alpha value is -2.24. The molecule has 0 heterocycles. The molecule has 0 aliphatic carbocycles. The summed E-state index contributed by atoms with van der Waals surface area (Å²) in [5.74, 6) is 1.63. The Morgan fingerprint density at radius 2 is 1.93 bits per heavy atom. The number of guanidine groups is 1. The molecule has 27 heavy (non-hydrogen) atoms. The maximum atomic E-state index is 11.9. The fraction of sp³-hybridized carbons (Fsp3) is 0.619. The number of nitrogens with zero attached hydrogens (tertiary/aromatic N) is 1. The fourth-order valence-corrected chi connectivity index (χ4v) is 2.41. The summed E-state index contributed by atoms with van der Waals surface area (Å²) in [4.78, 5) is 16.5. The fourth-order valence-electron chi connectivity index (χ4n) is 2.41. The first-order chi connectivity index (χ1) is 12.8. The molecule has 0 saturated heterocycles. The number of carbonyl (C=O) groups excluding carboxylic acids is 1. The predicted octanol–water partition coefficient (Wildman–Crippen LogP) is 3.14. The third-order valence-corrected chi connectivity index (χ3v) is 4.00. The second-order valence-corrected chi connectivity index (χ2v) is 7.03. The first kappa shape index (κ1) is 22.8. The second kappa shape index (κ2) is 12.2. The highest BCUT2D eigenvalue weighted by Crippen LogP contribution is 2.22. The van der Waals surface area contributed by atoms with Crippen molar-refractivity contribution in [2.45, 2.75) is 73.1 Å². The van der Waals surface area contributed by atoms with Crippen LogP contribution in [0.2, 0.25) is 0 Å². The highest BCUT2D eigenvalue weighted by molar-refractivity contribution is 5.81. The van der Waals surface area contributed by atoms with Gasteiger partial charge in [0.25, 0.3) is 0 Å². The van der Waals surface area contributed by atoms with E-state index >= 15 is 0 Å². The number of nitrogens with one attached hydrogen (secondary N) is 3. The SMILES string of the molecule is CCNC(=NCc1ccc(C)cc1OC(C)C)NCCC(=O)NC(C)CC. The van der Waals surface area contributed by atoms with Gasteiger partial charge in [0.15, 0.2) is 5.96 Å². The minimum Gasteiger partial charge on any atom is -0.491 e. The van der Waals surface area contributed by atoms with Crippen LogP contribution < -0.4 is 20.7 Å². The van der Waals surface area contributed by atoms with Gasteiger partial charge in [0, 0.05) is 31.1 Å². The van der Waals surface area contributed by atoms with Crippen molar-refractivity contribution in [3.05, 3.63) is 29.3 Å². The zero-order valence-corrected chi connectivity index (χ0v) is 17.7. The number of carbonyl (C=O) groups is 1. The first-order valence-corrected chi connectivity index (χ1v) is 9.93. The van der Waals surface area contributed by atoms with Crippen LogP contribution in [0.5, 0.6) is 5.75 Å². The standard InChI is InChI=1S/C21H36N4O2/c1-7-17(6)25-20(26)11-12-23-21(22-8-2)24-14-18-10-9-16(5)13-19(18)27-15(3)4/h9-10,13,15,17H,7-8,11-12,14H2,1-6H3,(H,25,26)(H2,22,23,24). The number of hydrogen-bond acceptors (Lipinski definition) is 3. The normalized spacial score (nSPS) is 12.6. The number of aliphatic imine (C=N–C) groups is 1. The molecule has 1 rings (SSSR count). The average molecular weight is 377 g/mol. The van der Waals surface area contributed by atoms with E-state index in [2.05, 4.69) is 46.9 Å². The van der Waals surface area contributed by atoms with Crippen LogP contribution in [0.1, 0.15) is 58.6 Å². The van der Waals surface area contributed by atoms with Crippen molar-refractivity contribution < 1.29 is 9.53 Å². The number of hydrogen-bond donors (Lipinski definition) is 3. The number of ether oxygens (including phenoxy) is 1. The van der Waals surface area contributed by atoms with Crippen LogP contribution in [0.25, 0.3) is 0 Å². The summed E-state index contributed by atoms with van der Waals surface area (Å²) in [5, 5.41) is 9.41. The Labute approximate surface area is 164 Å². The summed E-state index contributed by atoms with van der Waals surface area (Å²) in [6.07, 6.45) is 1.46. The van der Waals surface area contributed by atoms with Crippen molar-refractivity contribution >= 4 is 11.9 Å². The molecule has 6 heteroatoms. The molecule has 0 radical (unpaired) electrons. The molecule has 0 aromatic heterocycles. The summed E-state index contributed by atoms with van der Waals surface area (Å²) in [5.41, 5.74) is 2.21. The molecular formula is C21H36N4O2. The minimum absolute atomic E-state index is 0.0545. The lowest BCUT2D eigenvalue weighted by Crippen LogP contribution is -2.40. The van der Waals surface area contributed by atoms with Crippen molar-refractivity contribution in [2.24, 2.45) is 4.99 Å². The molecule has 0 aliphatic heterocycles. The van der Waals surface area contributed by atoms with Crippen LogP contribution in [0.15, 0.2) is 23.2 Å². The molecule has 0 fully saturated rings. The minimum atomic E-state index is 0.0545. The summed E-state index contributed by atoms with van der Waals surface area (Å²) < 4.78 is 5.92. The Balaban J connectivity index is 2.67. The van der Waals surface area contributed by atoms with E-state index in [9.17, 15) is 4.79 Å². The lowest BCUT2D eigenvalue weighted by Gasteiger charge is -2.15. The van der Waals surface area contributed by atoms with Gasteiger partial charge in [0.2, 0.25) is 5.91 Å². The Morgan fingerprint density at radius 3 is 2.56 bits per heavy atom. The quantitative estimate of drug-likeness (QED) is 0.433. The Bertz CT molecular complexity index is 614. The van der Waals surface area contributed by atoms with E-state index in [0.29, 0.717) is 25.5 Å². The van der Waals surface area contributed by atoms with E-state index in [1.807, 2.05) is 33.8 Å². The van der Waals surface area contributed by atoms with Gasteiger partial charge in [-0.3, -0.25) is 4.79 Å². The molecule has 152 valence electrons. The second-order valence-electron chi connectivity index (χ2n) is 7.03. The predicted molar refractivity (Wildman–Crippen MR) is 112 cm³/mol. The van der Waals surface area contributed by atoms with Crippen molar-refractivity contribution in [1.82, 2.24) is 16.0 Å². The smallest absolute Gasteiger partial charge is 0.221 e. The van der Waals surface area contributed by atoms with E-state index in [0.717, 1.165) is 29.8 Å². The van der Waals surface area contributed by atoms with E-state index in [1.54, 1.807) is 0 Å². The highest BCUT2D eigenvalue weighted by atomic mass is 16.5. The molecular weight excluding hydrogens is 340 g/mol. The van der Waals surface area contributed by atoms with E-state index < -0.39 is 0 Å². The Morgan fingerprint density at radius 1 is 1.19 bits per heavy atom. The van der Waals surface area contributed by atoms with E-state index in [1.165, 1.54) is 0 Å². The summed E-state index contributed by atoms with van der Waals surface area (Å²) >= 11 is 0. The van der Waals surface area contributed by atoms with Crippen molar-refractivity contribution in [3.8, 4) is 5.75 Å². The third kappa shape index (κ3) is 9.31. The molecule has 0 aliphatic rings. The number of rotatable bonds is 10. The topological polar surface area (TPSA) is 74.8 Å². The average Bonchev–Trinajstić information content (AvgIpc) is 2.60. The van der Waals surface area contributed by atoms with E-state index in [4.69, 9.17) is 4.74 Å². The monoisotopic (exact) mass is 376 g/mol. The molecule has 0 spiro atoms. The van der Waals surface area contributed by atoms with Gasteiger partial charge in [-0.2, -0.15) is 0 Å². The molecule has 1 amide bonds. The lowest BCUT2D eigenvalue weighted by molar-refractivity contribution is -0.121. The van der Waals surface area contributed by atoms with Crippen LogP contribution in [-0.4, -0.2) is 37.1 Å². The van der Waals surface area contributed by atoms with Crippen LogP contribution >= 0.6 is 0 Å². The summed E-state index contributed by atoms with van der Waals surface area (Å²) in [7, 11) is 0. The maximum Gasteiger partial charge on any atom is 0.221 e. The first-order valence-electron chi connectivity index (χ1n) is 9.93. The molecule has 1 aromatic rings. The van der Waals surface area contributed by atoms with Crippen molar-refractivity contribution in [2.75, 3.05) is 13.1 Å². The zero-order valence-electron chi connectivity index (χ0n) is 17.7. The summed E-state index contributed by atoms with van der Waals surface area (Å²) in [6.45, 7) is 14.0. The van der Waals surface area contributed by atoms with E-state index in [-0.39, 0.29) is 18.1 Å². The largest absolute Gasteiger partial charge is 0.491 e. The number of benzene rings is 1. The number of aryl methyl sites for hydroxylation is 1. The molecule has 6 nitrogen and oxygen atoms in total. The van der Waals surface area contributed by atoms with Crippen LogP contribution in [0.3, 0.4) is 0 Å². The van der Waals surface area contributed by atoms with Gasteiger partial charge in [0.05, 0.1) is 12.6 Å². The summed E-state index contributed by atoms with van der Waals surface area (Å²) in [6, 6.07) is 6.38. The number of amides is 1. The highest BCUT2D eigenvalue weighted by Gasteiger charge is 2.08. The van der Waals surface area contributed by atoms with Crippen LogP contribution in [0.4, 0.5) is 0 Å². The van der Waals surface area contributed by atoms with Gasteiger partial charge in [0.1, 0.15) is 5.75 Å². The molecule has 1 aromatic carbocycles. The van der Waals surface area contributed by atoms with Gasteiger partial charge in [-0.15, -0.1) is 0 Å². The molecule has 1 unspecified atom stereocenters. The van der Waals surface area contributed by atoms with Gasteiger partial charge in [-0.05, 0) is 52.7 Å². The Kier molecular flexibility index (Phi) is 10.3. The zero-order chi connectivity index (χ0) is 20.2. The van der Waals surface area contributed by atoms with Gasteiger partial charge < -0.3 is 20.7 Å². The van der Waals surface area contributed by atoms with Crippen molar-refractivity contribution in [1.29, 1.82) is 0 Å². The molecule has 0 bridgehead atoms. The molecule has 1 atom stereocenters. The maximum absolute atomic E-state index is 11.9. The van der Waals surface area contributed by atoms with Crippen LogP contribution in [-0.2, 0) is 11.3 Å². The lowest BCUT2D eigenvalue weighted by atomic mass is 10.1. The van der Waals surface area contributed by atoms with Gasteiger partial charge >= 0.3 is 0 Å². The van der Waals surface area contributed by atoms with Crippen LogP contribution in [0, 0.1) is 6.92 Å². The molecule has 0 saturated carbocycles. The van der Waals surface area contributed by atoms with Gasteiger partial charge in [-0.25, -0.2) is 4.99 Å².